The maximum Gasteiger partial charge on any atom is 0.124 e. The minimum atomic E-state index is -0.193. The van der Waals surface area contributed by atoms with E-state index in [1.165, 1.54) is 6.07 Å². The van der Waals surface area contributed by atoms with E-state index in [2.05, 4.69) is 53.8 Å². The summed E-state index contributed by atoms with van der Waals surface area (Å²) >= 11 is 3.48. The number of hydrogen-bond acceptors (Lipinski definition) is 2. The molecule has 1 aromatic carbocycles. The number of nitrogens with zero attached hydrogens (tertiary/aromatic N) is 1. The molecule has 1 saturated heterocycles. The van der Waals surface area contributed by atoms with Gasteiger partial charge in [-0.2, -0.15) is 0 Å². The largest absolute Gasteiger partial charge is 0.309 e. The van der Waals surface area contributed by atoms with E-state index in [0.29, 0.717) is 12.0 Å². The molecule has 0 amide bonds. The Bertz CT molecular complexity index is 474. The lowest BCUT2D eigenvalue weighted by Crippen LogP contribution is -2.62. The van der Waals surface area contributed by atoms with Crippen molar-refractivity contribution in [2.75, 3.05) is 13.1 Å². The molecule has 0 saturated carbocycles. The standard InChI is InChI=1S/C16H24BrFN2/c1-11(2)15-8-19-16(3,4)10-20(15)9-12-5-6-13(18)7-14(12)17/h5-7,11,15,19H,8-10H2,1-4H3. The molecule has 1 aliphatic rings. The van der Waals surface area contributed by atoms with Crippen LogP contribution in [0.15, 0.2) is 22.7 Å². The first-order valence-electron chi connectivity index (χ1n) is 7.21. The van der Waals surface area contributed by atoms with Gasteiger partial charge in [0.05, 0.1) is 0 Å². The maximum atomic E-state index is 13.2. The van der Waals surface area contributed by atoms with E-state index in [1.807, 2.05) is 6.07 Å². The van der Waals surface area contributed by atoms with E-state index < -0.39 is 0 Å². The van der Waals surface area contributed by atoms with E-state index in [9.17, 15) is 4.39 Å². The molecule has 0 bridgehead atoms. The topological polar surface area (TPSA) is 15.3 Å². The van der Waals surface area contributed by atoms with Crippen molar-refractivity contribution < 1.29 is 4.39 Å². The number of hydrogen-bond donors (Lipinski definition) is 1. The fraction of sp³-hybridized carbons (Fsp3) is 0.625. The van der Waals surface area contributed by atoms with Gasteiger partial charge in [0.1, 0.15) is 5.82 Å². The molecule has 2 rings (SSSR count). The van der Waals surface area contributed by atoms with Gasteiger partial charge in [-0.1, -0.05) is 35.8 Å². The summed E-state index contributed by atoms with van der Waals surface area (Å²) in [5.74, 6) is 0.402. The van der Waals surface area contributed by atoms with Crippen LogP contribution in [0.1, 0.15) is 33.3 Å². The van der Waals surface area contributed by atoms with E-state index in [1.54, 1.807) is 6.07 Å². The fourth-order valence-electron chi connectivity index (χ4n) is 2.89. The summed E-state index contributed by atoms with van der Waals surface area (Å²) in [6, 6.07) is 5.48. The second-order valence-electron chi connectivity index (χ2n) is 6.72. The molecule has 1 atom stereocenters. The van der Waals surface area contributed by atoms with Gasteiger partial charge in [-0.3, -0.25) is 4.90 Å². The predicted molar refractivity (Wildman–Crippen MR) is 85.2 cm³/mol. The zero-order chi connectivity index (χ0) is 14.9. The zero-order valence-electron chi connectivity index (χ0n) is 12.7. The summed E-state index contributed by atoms with van der Waals surface area (Å²) in [4.78, 5) is 2.51. The molecule has 1 fully saturated rings. The first-order valence-corrected chi connectivity index (χ1v) is 8.01. The Morgan fingerprint density at radius 2 is 2.15 bits per heavy atom. The summed E-state index contributed by atoms with van der Waals surface area (Å²) in [5, 5.41) is 3.62. The third-order valence-corrected chi connectivity index (χ3v) is 4.75. The molecule has 1 N–H and O–H groups in total. The zero-order valence-corrected chi connectivity index (χ0v) is 14.3. The Morgan fingerprint density at radius 1 is 1.45 bits per heavy atom. The summed E-state index contributed by atoms with van der Waals surface area (Å²) in [7, 11) is 0. The van der Waals surface area contributed by atoms with E-state index in [0.717, 1.165) is 29.7 Å². The van der Waals surface area contributed by atoms with E-state index >= 15 is 0 Å². The molecule has 1 unspecified atom stereocenters. The highest BCUT2D eigenvalue weighted by molar-refractivity contribution is 9.10. The Morgan fingerprint density at radius 3 is 2.75 bits per heavy atom. The molecule has 1 aromatic rings. The average molecular weight is 343 g/mol. The Balaban J connectivity index is 2.18. The fourth-order valence-corrected chi connectivity index (χ4v) is 3.37. The Labute approximate surface area is 129 Å². The first-order chi connectivity index (χ1) is 9.28. The van der Waals surface area contributed by atoms with Gasteiger partial charge in [-0.25, -0.2) is 4.39 Å². The number of nitrogens with one attached hydrogen (secondary N) is 1. The molecule has 0 aliphatic carbocycles. The lowest BCUT2D eigenvalue weighted by Gasteiger charge is -2.46. The lowest BCUT2D eigenvalue weighted by atomic mass is 9.92. The highest BCUT2D eigenvalue weighted by Crippen LogP contribution is 2.25. The summed E-state index contributed by atoms with van der Waals surface area (Å²) in [6.07, 6.45) is 0. The first kappa shape index (κ1) is 15.9. The molecule has 20 heavy (non-hydrogen) atoms. The monoisotopic (exact) mass is 342 g/mol. The van der Waals surface area contributed by atoms with Gasteiger partial charge in [-0.15, -0.1) is 0 Å². The van der Waals surface area contributed by atoms with Crippen molar-refractivity contribution in [1.82, 2.24) is 10.2 Å². The Hall–Kier alpha value is -0.450. The molecular formula is C16H24BrFN2. The summed E-state index contributed by atoms with van der Waals surface area (Å²) in [5.41, 5.74) is 1.27. The van der Waals surface area contributed by atoms with E-state index in [-0.39, 0.29) is 11.4 Å². The van der Waals surface area contributed by atoms with Crippen LogP contribution in [-0.4, -0.2) is 29.6 Å². The van der Waals surface area contributed by atoms with Crippen molar-refractivity contribution in [3.63, 3.8) is 0 Å². The van der Waals surface area contributed by atoms with Crippen LogP contribution in [0.25, 0.3) is 0 Å². The van der Waals surface area contributed by atoms with Gasteiger partial charge in [0, 0.05) is 35.7 Å². The molecule has 0 spiro atoms. The second kappa shape index (κ2) is 6.12. The molecule has 2 nitrogen and oxygen atoms in total. The van der Waals surface area contributed by atoms with Gasteiger partial charge in [0.25, 0.3) is 0 Å². The lowest BCUT2D eigenvalue weighted by molar-refractivity contribution is 0.0625. The van der Waals surface area contributed by atoms with Crippen LogP contribution in [0.4, 0.5) is 4.39 Å². The highest BCUT2D eigenvalue weighted by Gasteiger charge is 2.33. The van der Waals surface area contributed by atoms with Gasteiger partial charge < -0.3 is 5.32 Å². The third kappa shape index (κ3) is 3.80. The molecule has 112 valence electrons. The quantitative estimate of drug-likeness (QED) is 0.898. The highest BCUT2D eigenvalue weighted by atomic mass is 79.9. The summed E-state index contributed by atoms with van der Waals surface area (Å²) < 4.78 is 14.1. The maximum absolute atomic E-state index is 13.2. The van der Waals surface area contributed by atoms with Crippen molar-refractivity contribution in [3.8, 4) is 0 Å². The van der Waals surface area contributed by atoms with Crippen LogP contribution in [0, 0.1) is 11.7 Å². The average Bonchev–Trinajstić information content (AvgIpc) is 2.31. The van der Waals surface area contributed by atoms with E-state index in [4.69, 9.17) is 0 Å². The molecule has 0 aromatic heterocycles. The summed E-state index contributed by atoms with van der Waals surface area (Å²) in [6.45, 7) is 11.8. The Kier molecular flexibility index (Phi) is 4.88. The number of piperazine rings is 1. The second-order valence-corrected chi connectivity index (χ2v) is 7.57. The SMILES string of the molecule is CC(C)C1CNC(C)(C)CN1Cc1ccc(F)cc1Br. The van der Waals surface area contributed by atoms with Crippen LogP contribution < -0.4 is 5.32 Å². The smallest absolute Gasteiger partial charge is 0.124 e. The van der Waals surface area contributed by atoms with Gasteiger partial charge in [0.15, 0.2) is 0 Å². The predicted octanol–water partition coefficient (Wildman–Crippen LogP) is 3.80. The van der Waals surface area contributed by atoms with Crippen LogP contribution in [0.2, 0.25) is 0 Å². The van der Waals surface area contributed by atoms with Crippen molar-refractivity contribution in [2.24, 2.45) is 5.92 Å². The van der Waals surface area contributed by atoms with Crippen molar-refractivity contribution in [2.45, 2.75) is 45.8 Å². The van der Waals surface area contributed by atoms with Crippen LogP contribution >= 0.6 is 15.9 Å². The minimum absolute atomic E-state index is 0.123. The van der Waals surface area contributed by atoms with Crippen LogP contribution in [0.5, 0.6) is 0 Å². The van der Waals surface area contributed by atoms with Gasteiger partial charge in [0.2, 0.25) is 0 Å². The molecule has 0 radical (unpaired) electrons. The number of halogens is 2. The van der Waals surface area contributed by atoms with Crippen molar-refractivity contribution in [1.29, 1.82) is 0 Å². The number of benzene rings is 1. The van der Waals surface area contributed by atoms with Gasteiger partial charge in [-0.05, 0) is 37.5 Å². The van der Waals surface area contributed by atoms with Gasteiger partial charge >= 0.3 is 0 Å². The number of rotatable bonds is 3. The minimum Gasteiger partial charge on any atom is -0.309 e. The van der Waals surface area contributed by atoms with Crippen LogP contribution in [-0.2, 0) is 6.54 Å². The van der Waals surface area contributed by atoms with Crippen LogP contribution in [0.3, 0.4) is 0 Å². The van der Waals surface area contributed by atoms with Crippen molar-refractivity contribution >= 4 is 15.9 Å². The van der Waals surface area contributed by atoms with Crippen molar-refractivity contribution in [3.05, 3.63) is 34.1 Å². The normalized spacial score (nSPS) is 23.2. The molecule has 1 aliphatic heterocycles. The molecule has 1 heterocycles. The third-order valence-electron chi connectivity index (χ3n) is 4.02. The molecule has 4 heteroatoms. The molecular weight excluding hydrogens is 319 g/mol.